The highest BCUT2D eigenvalue weighted by molar-refractivity contribution is 7.71. The van der Waals surface area contributed by atoms with Crippen LogP contribution in [0.3, 0.4) is 0 Å². The maximum absolute atomic E-state index is 12.2. The van der Waals surface area contributed by atoms with Gasteiger partial charge in [-0.2, -0.15) is 0 Å². The number of nitrogens with one attached hydrogen (secondary N) is 3. The van der Waals surface area contributed by atoms with E-state index >= 15 is 0 Å². The highest BCUT2D eigenvalue weighted by Gasteiger charge is 2.10. The van der Waals surface area contributed by atoms with Gasteiger partial charge in [0.15, 0.2) is 11.1 Å². The molecule has 1 aromatic heterocycles. The zero-order chi connectivity index (χ0) is 19.9. The van der Waals surface area contributed by atoms with Crippen molar-refractivity contribution >= 4 is 34.8 Å². The number of fused-ring (bicyclic) bond motifs is 1. The average Bonchev–Trinajstić information content (AvgIpc) is 2.72. The number of rotatable bonds is 8. The topological polar surface area (TPSA) is 88.3 Å². The minimum atomic E-state index is -0.466. The SMILES string of the molecule is COC(CNC(=O)c1ccc(CNc2nc(=S)[nH]c3ccccc23)cc1)OC. The van der Waals surface area contributed by atoms with E-state index in [9.17, 15) is 4.79 Å². The molecular formula is C20H22N4O3S. The Kier molecular flexibility index (Phi) is 6.70. The van der Waals surface area contributed by atoms with E-state index in [-0.39, 0.29) is 12.5 Å². The van der Waals surface area contributed by atoms with Crippen LogP contribution in [0.1, 0.15) is 15.9 Å². The molecule has 1 amide bonds. The highest BCUT2D eigenvalue weighted by atomic mass is 32.1. The summed E-state index contributed by atoms with van der Waals surface area (Å²) in [4.78, 5) is 19.6. The highest BCUT2D eigenvalue weighted by Crippen LogP contribution is 2.19. The number of aromatic nitrogens is 2. The minimum Gasteiger partial charge on any atom is -0.365 e. The zero-order valence-corrected chi connectivity index (χ0v) is 16.5. The van der Waals surface area contributed by atoms with E-state index in [1.54, 1.807) is 12.1 Å². The number of para-hydroxylation sites is 1. The number of hydrogen-bond acceptors (Lipinski definition) is 6. The molecule has 0 saturated carbocycles. The number of carbonyl (C=O) groups is 1. The molecule has 0 unspecified atom stereocenters. The first kappa shape index (κ1) is 19.9. The number of anilines is 1. The molecule has 0 fully saturated rings. The molecular weight excluding hydrogens is 376 g/mol. The van der Waals surface area contributed by atoms with Crippen molar-refractivity contribution in [1.82, 2.24) is 15.3 Å². The number of ether oxygens (including phenoxy) is 2. The lowest BCUT2D eigenvalue weighted by Gasteiger charge is -2.14. The molecule has 8 heteroatoms. The number of nitrogens with zero attached hydrogens (tertiary/aromatic N) is 1. The first-order valence-electron chi connectivity index (χ1n) is 8.76. The Bertz CT molecular complexity index is 1000. The Labute approximate surface area is 168 Å². The fourth-order valence-corrected chi connectivity index (χ4v) is 2.94. The summed E-state index contributed by atoms with van der Waals surface area (Å²) in [6, 6.07) is 15.2. The largest absolute Gasteiger partial charge is 0.365 e. The Balaban J connectivity index is 1.64. The maximum Gasteiger partial charge on any atom is 0.251 e. The first-order chi connectivity index (χ1) is 13.6. The van der Waals surface area contributed by atoms with E-state index in [1.165, 1.54) is 14.2 Å². The third kappa shape index (κ3) is 4.92. The second kappa shape index (κ2) is 9.41. The average molecular weight is 398 g/mol. The molecule has 0 spiro atoms. The molecule has 3 N–H and O–H groups in total. The molecule has 0 aliphatic heterocycles. The summed E-state index contributed by atoms with van der Waals surface area (Å²) in [5.74, 6) is 0.548. The van der Waals surface area contributed by atoms with Crippen LogP contribution in [-0.2, 0) is 16.0 Å². The van der Waals surface area contributed by atoms with E-state index < -0.39 is 6.29 Å². The van der Waals surface area contributed by atoms with Crippen molar-refractivity contribution in [1.29, 1.82) is 0 Å². The van der Waals surface area contributed by atoms with Gasteiger partial charge in [0.1, 0.15) is 5.82 Å². The molecule has 0 aliphatic carbocycles. The zero-order valence-electron chi connectivity index (χ0n) is 15.7. The summed E-state index contributed by atoms with van der Waals surface area (Å²) in [6.45, 7) is 0.843. The van der Waals surface area contributed by atoms with E-state index in [4.69, 9.17) is 21.7 Å². The number of methoxy groups -OCH3 is 2. The van der Waals surface area contributed by atoms with E-state index in [0.717, 1.165) is 22.3 Å². The van der Waals surface area contributed by atoms with Crippen LogP contribution in [0.4, 0.5) is 5.82 Å². The molecule has 0 aliphatic rings. The number of carbonyl (C=O) groups excluding carboxylic acids is 1. The van der Waals surface area contributed by atoms with Crippen molar-refractivity contribution in [2.24, 2.45) is 0 Å². The van der Waals surface area contributed by atoms with Crippen molar-refractivity contribution in [2.45, 2.75) is 12.8 Å². The van der Waals surface area contributed by atoms with Gasteiger partial charge in [0.2, 0.25) is 0 Å². The van der Waals surface area contributed by atoms with Crippen LogP contribution in [0.25, 0.3) is 10.9 Å². The number of benzene rings is 2. The summed E-state index contributed by atoms with van der Waals surface area (Å²) in [5, 5.41) is 7.06. The Morgan fingerprint density at radius 2 is 1.86 bits per heavy atom. The normalized spacial score (nSPS) is 11.0. The van der Waals surface area contributed by atoms with Crippen molar-refractivity contribution in [3.05, 3.63) is 64.4 Å². The molecule has 7 nitrogen and oxygen atoms in total. The smallest absolute Gasteiger partial charge is 0.251 e. The van der Waals surface area contributed by atoms with Crippen LogP contribution in [-0.4, -0.2) is 42.9 Å². The number of H-pyrrole nitrogens is 1. The van der Waals surface area contributed by atoms with E-state index in [0.29, 0.717) is 16.9 Å². The van der Waals surface area contributed by atoms with Gasteiger partial charge in [0.05, 0.1) is 12.1 Å². The molecule has 0 saturated heterocycles. The van der Waals surface area contributed by atoms with Gasteiger partial charge in [0.25, 0.3) is 5.91 Å². The van der Waals surface area contributed by atoms with Gasteiger partial charge in [-0.25, -0.2) is 4.98 Å². The lowest BCUT2D eigenvalue weighted by atomic mass is 10.1. The first-order valence-corrected chi connectivity index (χ1v) is 9.17. The van der Waals surface area contributed by atoms with Crippen molar-refractivity contribution < 1.29 is 14.3 Å². The fraction of sp³-hybridized carbons (Fsp3) is 0.250. The van der Waals surface area contributed by atoms with Crippen LogP contribution >= 0.6 is 12.2 Å². The minimum absolute atomic E-state index is 0.180. The van der Waals surface area contributed by atoms with Crippen LogP contribution < -0.4 is 10.6 Å². The van der Waals surface area contributed by atoms with E-state index in [1.807, 2.05) is 36.4 Å². The van der Waals surface area contributed by atoms with Gasteiger partial charge < -0.3 is 25.1 Å². The molecule has 2 aromatic carbocycles. The summed E-state index contributed by atoms with van der Waals surface area (Å²) in [7, 11) is 3.06. The molecule has 3 rings (SSSR count). The molecule has 0 atom stereocenters. The number of aromatic amines is 1. The van der Waals surface area contributed by atoms with Crippen LogP contribution in [0, 0.1) is 4.77 Å². The lowest BCUT2D eigenvalue weighted by Crippen LogP contribution is -2.34. The predicted octanol–water partition coefficient (Wildman–Crippen LogP) is 3.25. The van der Waals surface area contributed by atoms with Gasteiger partial charge in [0, 0.05) is 31.7 Å². The summed E-state index contributed by atoms with van der Waals surface area (Å²) >= 11 is 5.20. The van der Waals surface area contributed by atoms with Crippen LogP contribution in [0.5, 0.6) is 0 Å². The number of amides is 1. The Morgan fingerprint density at radius 3 is 2.57 bits per heavy atom. The second-order valence-corrected chi connectivity index (χ2v) is 6.48. The van der Waals surface area contributed by atoms with Crippen LogP contribution in [0.2, 0.25) is 0 Å². The molecule has 28 heavy (non-hydrogen) atoms. The summed E-state index contributed by atoms with van der Waals surface area (Å²) in [6.07, 6.45) is -0.466. The molecule has 1 heterocycles. The van der Waals surface area contributed by atoms with Crippen molar-refractivity contribution in [3.63, 3.8) is 0 Å². The monoisotopic (exact) mass is 398 g/mol. The molecule has 0 radical (unpaired) electrons. The standard InChI is InChI=1S/C20H22N4O3S/c1-26-17(27-2)12-22-19(25)14-9-7-13(8-10-14)11-21-18-15-5-3-4-6-16(15)23-20(28)24-18/h3-10,17H,11-12H2,1-2H3,(H,22,25)(H2,21,23,24,28). The van der Waals surface area contributed by atoms with Gasteiger partial charge in [-0.15, -0.1) is 0 Å². The van der Waals surface area contributed by atoms with Gasteiger partial charge in [-0.05, 0) is 42.0 Å². The third-order valence-electron chi connectivity index (χ3n) is 4.27. The Hall–Kier alpha value is -2.81. The van der Waals surface area contributed by atoms with Crippen molar-refractivity contribution in [2.75, 3.05) is 26.1 Å². The van der Waals surface area contributed by atoms with E-state index in [2.05, 4.69) is 20.6 Å². The summed E-state index contributed by atoms with van der Waals surface area (Å²) in [5.41, 5.74) is 2.52. The molecule has 3 aromatic rings. The quantitative estimate of drug-likeness (QED) is 0.399. The lowest BCUT2D eigenvalue weighted by molar-refractivity contribution is -0.0974. The summed E-state index contributed by atoms with van der Waals surface area (Å²) < 4.78 is 10.5. The second-order valence-electron chi connectivity index (χ2n) is 6.10. The fourth-order valence-electron chi connectivity index (χ4n) is 2.74. The van der Waals surface area contributed by atoms with Gasteiger partial charge in [-0.3, -0.25) is 4.79 Å². The predicted molar refractivity (Wildman–Crippen MR) is 111 cm³/mol. The van der Waals surface area contributed by atoms with Crippen molar-refractivity contribution in [3.8, 4) is 0 Å². The van der Waals surface area contributed by atoms with Gasteiger partial charge in [-0.1, -0.05) is 24.3 Å². The maximum atomic E-state index is 12.2. The number of hydrogen-bond donors (Lipinski definition) is 3. The molecule has 146 valence electrons. The van der Waals surface area contributed by atoms with Gasteiger partial charge >= 0.3 is 0 Å². The van der Waals surface area contributed by atoms with Crippen LogP contribution in [0.15, 0.2) is 48.5 Å². The third-order valence-corrected chi connectivity index (χ3v) is 4.46. The molecule has 0 bridgehead atoms. The Morgan fingerprint density at radius 1 is 1.14 bits per heavy atom.